The Labute approximate surface area is 142 Å². The van der Waals surface area contributed by atoms with E-state index in [-0.39, 0.29) is 30.4 Å². The molecule has 0 saturated heterocycles. The zero-order valence-corrected chi connectivity index (χ0v) is 13.8. The Bertz CT molecular complexity index is 723. The van der Waals surface area contributed by atoms with Gasteiger partial charge < -0.3 is 11.1 Å². The molecule has 8 heteroatoms. The standard InChI is InChI=1S/C15H15F2N3OS.ClH/c16-10-3-1-2-8(14(10)17)6-13(21)20-15-19-11-5-4-9(18)7-12(11)22-15;/h1-3,9H,4-7,18H2,(H,19,20,21);1H/t9-;/m0./s1. The fourth-order valence-electron chi connectivity index (χ4n) is 2.48. The van der Waals surface area contributed by atoms with Crippen LogP contribution in [-0.2, 0) is 24.1 Å². The highest BCUT2D eigenvalue weighted by molar-refractivity contribution is 7.15. The van der Waals surface area contributed by atoms with Crippen molar-refractivity contribution in [1.82, 2.24) is 4.98 Å². The van der Waals surface area contributed by atoms with Crippen LogP contribution in [0.15, 0.2) is 18.2 Å². The van der Waals surface area contributed by atoms with E-state index in [0.717, 1.165) is 35.9 Å². The number of hydrogen-bond donors (Lipinski definition) is 2. The molecular formula is C15H16ClF2N3OS. The molecule has 1 atom stereocenters. The summed E-state index contributed by atoms with van der Waals surface area (Å²) in [7, 11) is 0. The number of nitrogens with zero attached hydrogens (tertiary/aromatic N) is 1. The van der Waals surface area contributed by atoms with Crippen LogP contribution in [0.3, 0.4) is 0 Å². The first kappa shape index (κ1) is 17.8. The average molecular weight is 360 g/mol. The van der Waals surface area contributed by atoms with Gasteiger partial charge in [0.15, 0.2) is 16.8 Å². The van der Waals surface area contributed by atoms with Crippen molar-refractivity contribution in [2.75, 3.05) is 5.32 Å². The fraction of sp³-hybridized carbons (Fsp3) is 0.333. The second-order valence-corrected chi connectivity index (χ2v) is 6.41. The van der Waals surface area contributed by atoms with Gasteiger partial charge in [-0.25, -0.2) is 13.8 Å². The number of thiazole rings is 1. The van der Waals surface area contributed by atoms with Gasteiger partial charge >= 0.3 is 0 Å². The minimum atomic E-state index is -0.984. The number of aryl methyl sites for hydroxylation is 1. The zero-order valence-electron chi connectivity index (χ0n) is 12.1. The van der Waals surface area contributed by atoms with E-state index in [9.17, 15) is 13.6 Å². The Morgan fingerprint density at radius 1 is 1.43 bits per heavy atom. The van der Waals surface area contributed by atoms with Crippen molar-refractivity contribution in [3.63, 3.8) is 0 Å². The summed E-state index contributed by atoms with van der Waals surface area (Å²) in [6.07, 6.45) is 2.23. The number of benzene rings is 1. The molecule has 0 radical (unpaired) electrons. The number of carbonyl (C=O) groups excluding carboxylic acids is 1. The maximum absolute atomic E-state index is 13.5. The SMILES string of the molecule is Cl.N[C@H]1CCc2nc(NC(=O)Cc3cccc(F)c3F)sc2C1. The summed E-state index contributed by atoms with van der Waals surface area (Å²) in [5.41, 5.74) is 6.91. The predicted octanol–water partition coefficient (Wildman–Crippen LogP) is 2.84. The molecule has 0 spiro atoms. The molecule has 0 aliphatic heterocycles. The number of fused-ring (bicyclic) bond motifs is 1. The summed E-state index contributed by atoms with van der Waals surface area (Å²) in [5.74, 6) is -2.36. The third-order valence-corrected chi connectivity index (χ3v) is 4.64. The normalized spacial score (nSPS) is 16.4. The minimum Gasteiger partial charge on any atom is -0.327 e. The number of nitrogens with one attached hydrogen (secondary N) is 1. The highest BCUT2D eigenvalue weighted by Crippen LogP contribution is 2.29. The lowest BCUT2D eigenvalue weighted by Gasteiger charge is -2.15. The number of carbonyl (C=O) groups is 1. The smallest absolute Gasteiger partial charge is 0.230 e. The zero-order chi connectivity index (χ0) is 15.7. The number of halogens is 3. The topological polar surface area (TPSA) is 68.0 Å². The lowest BCUT2D eigenvalue weighted by molar-refractivity contribution is -0.115. The lowest BCUT2D eigenvalue weighted by atomic mass is 9.99. The van der Waals surface area contributed by atoms with Crippen molar-refractivity contribution in [3.8, 4) is 0 Å². The van der Waals surface area contributed by atoms with Gasteiger partial charge in [-0.15, -0.1) is 23.7 Å². The molecule has 3 N–H and O–H groups in total. The predicted molar refractivity (Wildman–Crippen MR) is 88.1 cm³/mol. The Morgan fingerprint density at radius 3 is 3.00 bits per heavy atom. The van der Waals surface area contributed by atoms with E-state index in [0.29, 0.717) is 5.13 Å². The molecule has 23 heavy (non-hydrogen) atoms. The number of rotatable bonds is 3. The summed E-state index contributed by atoms with van der Waals surface area (Å²) in [5, 5.41) is 3.13. The number of hydrogen-bond acceptors (Lipinski definition) is 4. The van der Waals surface area contributed by atoms with E-state index in [1.165, 1.54) is 23.5 Å². The van der Waals surface area contributed by atoms with Crippen molar-refractivity contribution in [2.24, 2.45) is 5.73 Å². The molecule has 1 aliphatic carbocycles. The summed E-state index contributed by atoms with van der Waals surface area (Å²) < 4.78 is 26.7. The molecule has 0 unspecified atom stereocenters. The van der Waals surface area contributed by atoms with Gasteiger partial charge in [0.2, 0.25) is 5.91 Å². The first-order valence-electron chi connectivity index (χ1n) is 7.00. The molecule has 4 nitrogen and oxygen atoms in total. The summed E-state index contributed by atoms with van der Waals surface area (Å²) >= 11 is 1.39. The van der Waals surface area contributed by atoms with Crippen LogP contribution in [0.5, 0.6) is 0 Å². The van der Waals surface area contributed by atoms with Crippen molar-refractivity contribution in [1.29, 1.82) is 0 Å². The Morgan fingerprint density at radius 2 is 2.22 bits per heavy atom. The molecule has 0 bridgehead atoms. The van der Waals surface area contributed by atoms with Gasteiger partial charge in [-0.1, -0.05) is 12.1 Å². The van der Waals surface area contributed by atoms with Gasteiger partial charge in [0.05, 0.1) is 12.1 Å². The summed E-state index contributed by atoms with van der Waals surface area (Å²) in [4.78, 5) is 17.4. The van der Waals surface area contributed by atoms with Gasteiger partial charge in [-0.3, -0.25) is 4.79 Å². The second-order valence-electron chi connectivity index (χ2n) is 5.33. The molecule has 1 amide bonds. The van der Waals surface area contributed by atoms with Crippen LogP contribution in [0.2, 0.25) is 0 Å². The molecule has 1 aromatic carbocycles. The monoisotopic (exact) mass is 359 g/mol. The molecule has 1 heterocycles. The van der Waals surface area contributed by atoms with Crippen molar-refractivity contribution in [3.05, 3.63) is 46.0 Å². The summed E-state index contributed by atoms with van der Waals surface area (Å²) in [6.45, 7) is 0. The molecule has 1 aliphatic rings. The van der Waals surface area contributed by atoms with E-state index in [4.69, 9.17) is 5.73 Å². The first-order chi connectivity index (χ1) is 10.5. The average Bonchev–Trinajstić information content (AvgIpc) is 2.85. The molecule has 124 valence electrons. The van der Waals surface area contributed by atoms with E-state index < -0.39 is 17.5 Å². The largest absolute Gasteiger partial charge is 0.327 e. The van der Waals surface area contributed by atoms with Gasteiger partial charge in [-0.2, -0.15) is 0 Å². The van der Waals surface area contributed by atoms with E-state index in [1.54, 1.807) is 0 Å². The molecule has 0 saturated carbocycles. The van der Waals surface area contributed by atoms with Crippen molar-refractivity contribution < 1.29 is 13.6 Å². The second kappa shape index (κ2) is 7.33. The van der Waals surface area contributed by atoms with Crippen LogP contribution in [0.1, 0.15) is 22.6 Å². The van der Waals surface area contributed by atoms with Crippen molar-refractivity contribution in [2.45, 2.75) is 31.7 Å². The maximum atomic E-state index is 13.5. The summed E-state index contributed by atoms with van der Waals surface area (Å²) in [6, 6.07) is 3.93. The van der Waals surface area contributed by atoms with Crippen molar-refractivity contribution >= 4 is 34.8 Å². The van der Waals surface area contributed by atoms with Crippen LogP contribution in [0.25, 0.3) is 0 Å². The lowest BCUT2D eigenvalue weighted by Crippen LogP contribution is -2.27. The molecule has 2 aromatic rings. The number of anilines is 1. The minimum absolute atomic E-state index is 0. The first-order valence-corrected chi connectivity index (χ1v) is 7.81. The van der Waals surface area contributed by atoms with Gasteiger partial charge in [0, 0.05) is 16.5 Å². The van der Waals surface area contributed by atoms with E-state index in [2.05, 4.69) is 10.3 Å². The Balaban J connectivity index is 0.00000192. The van der Waals surface area contributed by atoms with Gasteiger partial charge in [-0.05, 0) is 25.3 Å². The van der Waals surface area contributed by atoms with Crippen LogP contribution < -0.4 is 11.1 Å². The van der Waals surface area contributed by atoms with Gasteiger partial charge in [0.25, 0.3) is 0 Å². The highest BCUT2D eigenvalue weighted by atomic mass is 35.5. The molecule has 1 aromatic heterocycles. The number of amides is 1. The fourth-order valence-corrected chi connectivity index (χ4v) is 3.59. The van der Waals surface area contributed by atoms with Crippen LogP contribution in [-0.4, -0.2) is 16.9 Å². The Hall–Kier alpha value is -1.57. The number of nitrogens with two attached hydrogens (primary N) is 1. The van der Waals surface area contributed by atoms with Crippen LogP contribution >= 0.6 is 23.7 Å². The van der Waals surface area contributed by atoms with Crippen LogP contribution in [0.4, 0.5) is 13.9 Å². The van der Waals surface area contributed by atoms with Crippen LogP contribution in [0, 0.1) is 11.6 Å². The maximum Gasteiger partial charge on any atom is 0.230 e. The third-order valence-electron chi connectivity index (χ3n) is 3.61. The third kappa shape index (κ3) is 4.04. The molecule has 3 rings (SSSR count). The molecular weight excluding hydrogens is 344 g/mol. The van der Waals surface area contributed by atoms with E-state index >= 15 is 0 Å². The van der Waals surface area contributed by atoms with E-state index in [1.807, 2.05) is 0 Å². The molecule has 0 fully saturated rings. The number of aromatic nitrogens is 1. The quantitative estimate of drug-likeness (QED) is 0.885. The van der Waals surface area contributed by atoms with Gasteiger partial charge in [0.1, 0.15) is 0 Å². The highest BCUT2D eigenvalue weighted by Gasteiger charge is 2.21. The Kier molecular flexibility index (Phi) is 5.67.